The van der Waals surface area contributed by atoms with Crippen molar-refractivity contribution in [1.29, 1.82) is 0 Å². The van der Waals surface area contributed by atoms with Crippen LogP contribution in [0.2, 0.25) is 0 Å². The predicted molar refractivity (Wildman–Crippen MR) is 77.8 cm³/mol. The molecule has 18 heavy (non-hydrogen) atoms. The number of H-pyrrole nitrogens is 1. The molecule has 0 bridgehead atoms. The van der Waals surface area contributed by atoms with Gasteiger partial charge in [-0.2, -0.15) is 11.3 Å². The molecule has 0 spiro atoms. The van der Waals surface area contributed by atoms with Crippen LogP contribution < -0.4 is 0 Å². The number of aryl methyl sites for hydroxylation is 1. The number of hydrogen-bond donors (Lipinski definition) is 1. The molecule has 1 N–H and O–H groups in total. The van der Waals surface area contributed by atoms with Crippen LogP contribution in [-0.2, 0) is 0 Å². The number of pyridine rings is 1. The minimum atomic E-state index is 0.202. The maximum absolute atomic E-state index is 5.42. The van der Waals surface area contributed by atoms with Gasteiger partial charge >= 0.3 is 0 Å². The van der Waals surface area contributed by atoms with Gasteiger partial charge in [0.15, 0.2) is 10.4 Å². The van der Waals surface area contributed by atoms with Crippen molar-refractivity contribution in [2.75, 3.05) is 0 Å². The Morgan fingerprint density at radius 3 is 3.06 bits per heavy atom. The molecular formula is C13H13N3S2. The third-order valence-electron chi connectivity index (χ3n) is 3.10. The van der Waals surface area contributed by atoms with E-state index in [9.17, 15) is 0 Å². The molecule has 3 nitrogen and oxygen atoms in total. The zero-order valence-corrected chi connectivity index (χ0v) is 11.8. The molecule has 0 amide bonds. The quantitative estimate of drug-likeness (QED) is 0.715. The Hall–Kier alpha value is -1.46. The smallest absolute Gasteiger partial charge is 0.179 e. The van der Waals surface area contributed by atoms with Gasteiger partial charge in [-0.25, -0.2) is 4.98 Å². The number of fused-ring (bicyclic) bond motifs is 1. The number of thiophene rings is 1. The highest BCUT2D eigenvalue weighted by Gasteiger charge is 2.14. The summed E-state index contributed by atoms with van der Waals surface area (Å²) in [7, 11) is 0. The summed E-state index contributed by atoms with van der Waals surface area (Å²) >= 11 is 7.12. The molecule has 0 fully saturated rings. The van der Waals surface area contributed by atoms with Crippen LogP contribution in [0, 0.1) is 11.7 Å². The van der Waals surface area contributed by atoms with Crippen molar-refractivity contribution < 1.29 is 0 Å². The minimum absolute atomic E-state index is 0.202. The first-order valence-electron chi connectivity index (χ1n) is 5.76. The fraction of sp³-hybridized carbons (Fsp3) is 0.231. The molecule has 1 atom stereocenters. The summed E-state index contributed by atoms with van der Waals surface area (Å²) in [5.41, 5.74) is 4.32. The Morgan fingerprint density at radius 1 is 1.50 bits per heavy atom. The van der Waals surface area contributed by atoms with Crippen molar-refractivity contribution in [3.8, 4) is 0 Å². The lowest BCUT2D eigenvalue weighted by Crippen LogP contribution is -2.06. The summed E-state index contributed by atoms with van der Waals surface area (Å²) in [5.74, 6) is 0. The first-order chi connectivity index (χ1) is 8.66. The van der Waals surface area contributed by atoms with Crippen LogP contribution in [0.25, 0.3) is 11.2 Å². The molecule has 0 saturated carbocycles. The lowest BCUT2D eigenvalue weighted by atomic mass is 10.2. The largest absolute Gasteiger partial charge is 0.329 e. The summed E-state index contributed by atoms with van der Waals surface area (Å²) in [4.78, 5) is 7.73. The number of aromatic nitrogens is 3. The maximum Gasteiger partial charge on any atom is 0.179 e. The van der Waals surface area contributed by atoms with Crippen LogP contribution in [0.1, 0.15) is 24.1 Å². The molecule has 0 radical (unpaired) electrons. The number of nitrogens with one attached hydrogen (secondary N) is 1. The lowest BCUT2D eigenvalue weighted by molar-refractivity contribution is 0.646. The highest BCUT2D eigenvalue weighted by molar-refractivity contribution is 7.71. The standard InChI is InChI=1S/C13H13N3S2/c1-8-5-11-12(14-6-8)16(13(17)15-11)9(2)10-3-4-18-7-10/h3-7,9H,1-2H3,(H,15,17). The molecule has 0 aromatic carbocycles. The lowest BCUT2D eigenvalue weighted by Gasteiger charge is -2.12. The molecule has 0 aliphatic rings. The van der Waals surface area contributed by atoms with Gasteiger partial charge < -0.3 is 4.98 Å². The van der Waals surface area contributed by atoms with E-state index in [1.165, 1.54) is 5.56 Å². The Bertz CT molecular complexity index is 737. The van der Waals surface area contributed by atoms with E-state index >= 15 is 0 Å². The molecular weight excluding hydrogens is 262 g/mol. The number of imidazole rings is 1. The van der Waals surface area contributed by atoms with Gasteiger partial charge in [0.2, 0.25) is 0 Å². The summed E-state index contributed by atoms with van der Waals surface area (Å²) in [6.07, 6.45) is 1.88. The van der Waals surface area contributed by atoms with Gasteiger partial charge in [0.25, 0.3) is 0 Å². The Morgan fingerprint density at radius 2 is 2.33 bits per heavy atom. The zero-order valence-electron chi connectivity index (χ0n) is 10.2. The monoisotopic (exact) mass is 275 g/mol. The van der Waals surface area contributed by atoms with Crippen LogP contribution in [0.4, 0.5) is 0 Å². The second kappa shape index (κ2) is 4.33. The van der Waals surface area contributed by atoms with E-state index in [0.717, 1.165) is 21.5 Å². The second-order valence-corrected chi connectivity index (χ2v) is 5.58. The molecule has 0 aliphatic heterocycles. The van der Waals surface area contributed by atoms with Crippen LogP contribution >= 0.6 is 23.6 Å². The van der Waals surface area contributed by atoms with Crippen LogP contribution in [0.3, 0.4) is 0 Å². The number of hydrogen-bond acceptors (Lipinski definition) is 3. The van der Waals surface area contributed by atoms with E-state index < -0.39 is 0 Å². The summed E-state index contributed by atoms with van der Waals surface area (Å²) < 4.78 is 2.80. The average Bonchev–Trinajstić information content (AvgIpc) is 2.94. The second-order valence-electron chi connectivity index (χ2n) is 4.42. The van der Waals surface area contributed by atoms with E-state index in [1.54, 1.807) is 11.3 Å². The van der Waals surface area contributed by atoms with Crippen LogP contribution in [0.5, 0.6) is 0 Å². The van der Waals surface area contributed by atoms with Gasteiger partial charge in [0, 0.05) is 6.20 Å². The fourth-order valence-corrected chi connectivity index (χ4v) is 3.24. The van der Waals surface area contributed by atoms with E-state index in [1.807, 2.05) is 13.1 Å². The molecule has 3 heterocycles. The van der Waals surface area contributed by atoms with Crippen LogP contribution in [-0.4, -0.2) is 14.5 Å². The highest BCUT2D eigenvalue weighted by atomic mass is 32.1. The van der Waals surface area contributed by atoms with Gasteiger partial charge in [-0.05, 0) is 60.1 Å². The predicted octanol–water partition coefficient (Wildman–Crippen LogP) is 4.07. The van der Waals surface area contributed by atoms with E-state index in [0.29, 0.717) is 0 Å². The van der Waals surface area contributed by atoms with E-state index in [2.05, 4.69) is 44.4 Å². The molecule has 0 saturated heterocycles. The third kappa shape index (κ3) is 1.79. The summed E-state index contributed by atoms with van der Waals surface area (Å²) in [6.45, 7) is 4.18. The average molecular weight is 275 g/mol. The van der Waals surface area contributed by atoms with Crippen molar-refractivity contribution in [2.24, 2.45) is 0 Å². The summed E-state index contributed by atoms with van der Waals surface area (Å²) in [6, 6.07) is 4.41. The van der Waals surface area contributed by atoms with Gasteiger partial charge in [0.1, 0.15) is 0 Å². The topological polar surface area (TPSA) is 33.6 Å². The summed E-state index contributed by atoms with van der Waals surface area (Å²) in [5, 5.41) is 4.24. The maximum atomic E-state index is 5.42. The fourth-order valence-electron chi connectivity index (χ4n) is 2.14. The first-order valence-corrected chi connectivity index (χ1v) is 7.11. The molecule has 0 aliphatic carbocycles. The normalized spacial score (nSPS) is 13.0. The SMILES string of the molecule is Cc1cnc2c(c1)[nH]c(=S)n2C(C)c1ccsc1. The highest BCUT2D eigenvalue weighted by Crippen LogP contribution is 2.25. The van der Waals surface area contributed by atoms with Gasteiger partial charge in [-0.3, -0.25) is 4.57 Å². The van der Waals surface area contributed by atoms with E-state index in [-0.39, 0.29) is 6.04 Å². The molecule has 3 aromatic heterocycles. The Labute approximate surface area is 114 Å². The van der Waals surface area contributed by atoms with Crippen molar-refractivity contribution in [1.82, 2.24) is 14.5 Å². The molecule has 1 unspecified atom stereocenters. The molecule has 92 valence electrons. The Balaban J connectivity index is 2.23. The molecule has 5 heteroatoms. The van der Waals surface area contributed by atoms with Crippen LogP contribution in [0.15, 0.2) is 29.1 Å². The molecule has 3 aromatic rings. The number of rotatable bonds is 2. The van der Waals surface area contributed by atoms with Gasteiger partial charge in [-0.1, -0.05) is 0 Å². The number of aromatic amines is 1. The van der Waals surface area contributed by atoms with E-state index in [4.69, 9.17) is 12.2 Å². The minimum Gasteiger partial charge on any atom is -0.329 e. The molecule has 3 rings (SSSR count). The van der Waals surface area contributed by atoms with Crippen molar-refractivity contribution in [3.05, 3.63) is 45.0 Å². The van der Waals surface area contributed by atoms with Gasteiger partial charge in [-0.15, -0.1) is 0 Å². The number of nitrogens with zero attached hydrogens (tertiary/aromatic N) is 2. The third-order valence-corrected chi connectivity index (χ3v) is 4.11. The first kappa shape index (κ1) is 11.6. The van der Waals surface area contributed by atoms with Crippen molar-refractivity contribution in [3.63, 3.8) is 0 Å². The van der Waals surface area contributed by atoms with Crippen molar-refractivity contribution >= 4 is 34.7 Å². The Kier molecular flexibility index (Phi) is 2.80. The van der Waals surface area contributed by atoms with Gasteiger partial charge in [0.05, 0.1) is 11.6 Å². The van der Waals surface area contributed by atoms with Crippen molar-refractivity contribution in [2.45, 2.75) is 19.9 Å². The zero-order chi connectivity index (χ0) is 12.7.